The zero-order valence-corrected chi connectivity index (χ0v) is 22.0. The number of hydrogen-bond donors (Lipinski definition) is 2. The van der Waals surface area contributed by atoms with Gasteiger partial charge in [-0.3, -0.25) is 19.5 Å². The number of benzene rings is 1. The van der Waals surface area contributed by atoms with E-state index in [2.05, 4.69) is 15.3 Å². The van der Waals surface area contributed by atoms with Crippen LogP contribution in [-0.4, -0.2) is 38.8 Å². The molecule has 3 heterocycles. The molecule has 1 saturated carbocycles. The Morgan fingerprint density at radius 1 is 1.24 bits per heavy atom. The van der Waals surface area contributed by atoms with Crippen molar-refractivity contribution in [2.75, 3.05) is 0 Å². The van der Waals surface area contributed by atoms with Gasteiger partial charge in [-0.1, -0.05) is 6.92 Å². The lowest BCUT2D eigenvalue weighted by atomic mass is 9.89. The molecular formula is C28H33F2N5O3. The van der Waals surface area contributed by atoms with E-state index in [0.29, 0.717) is 36.1 Å². The van der Waals surface area contributed by atoms with Crippen LogP contribution >= 0.6 is 0 Å². The first-order valence-corrected chi connectivity index (χ1v) is 13.0. The fraction of sp³-hybridized carbons (Fsp3) is 0.500. The molecule has 0 saturated heterocycles. The normalized spacial score (nSPS) is 28.6. The second-order valence-corrected chi connectivity index (χ2v) is 11.5. The number of carbonyl (C=O) groups is 2. The molecule has 1 aliphatic carbocycles. The summed E-state index contributed by atoms with van der Waals surface area (Å²) in [5.74, 6) is -1.58. The molecule has 8 nitrogen and oxygen atoms in total. The third-order valence-electron chi connectivity index (χ3n) is 7.87. The van der Waals surface area contributed by atoms with E-state index in [1.54, 1.807) is 6.07 Å². The van der Waals surface area contributed by atoms with Crippen LogP contribution in [0.15, 0.2) is 41.7 Å². The Kier molecular flexibility index (Phi) is 6.39. The van der Waals surface area contributed by atoms with Gasteiger partial charge in [-0.25, -0.2) is 13.8 Å². The van der Waals surface area contributed by atoms with Gasteiger partial charge in [0.2, 0.25) is 11.8 Å². The zero-order valence-electron chi connectivity index (χ0n) is 22.0. The van der Waals surface area contributed by atoms with Gasteiger partial charge in [0, 0.05) is 24.1 Å². The summed E-state index contributed by atoms with van der Waals surface area (Å²) in [6, 6.07) is 4.47. The SMILES string of the molecule is CC[C@@]1(C)CC(=O)N(C(c2cncc(F)c2)[C@H]2CC2C(=O)N[C@H]2CC(C)(C)Oc3ccc(F)cc32)C(N)=N1. The molecule has 3 aliphatic rings. The number of nitrogens with zero attached hydrogens (tertiary/aromatic N) is 3. The average Bonchev–Trinajstić information content (AvgIpc) is 3.62. The summed E-state index contributed by atoms with van der Waals surface area (Å²) in [7, 11) is 0. The van der Waals surface area contributed by atoms with E-state index in [1.807, 2.05) is 27.7 Å². The Balaban J connectivity index is 1.42. The van der Waals surface area contributed by atoms with E-state index in [4.69, 9.17) is 10.5 Å². The van der Waals surface area contributed by atoms with Crippen LogP contribution < -0.4 is 15.8 Å². The van der Waals surface area contributed by atoms with Crippen molar-refractivity contribution in [3.63, 3.8) is 0 Å². The fourth-order valence-corrected chi connectivity index (χ4v) is 5.69. The van der Waals surface area contributed by atoms with Gasteiger partial charge in [-0.15, -0.1) is 0 Å². The van der Waals surface area contributed by atoms with Crippen LogP contribution in [0.25, 0.3) is 0 Å². The number of aliphatic imine (C=N–C) groups is 1. The Morgan fingerprint density at radius 2 is 2.00 bits per heavy atom. The van der Waals surface area contributed by atoms with Crippen molar-refractivity contribution < 1.29 is 23.1 Å². The summed E-state index contributed by atoms with van der Waals surface area (Å²) in [5, 5.41) is 3.07. The number of halogens is 2. The number of hydrogen-bond acceptors (Lipinski definition) is 6. The number of ether oxygens (including phenoxy) is 1. The van der Waals surface area contributed by atoms with Crippen LogP contribution in [0.1, 0.15) is 76.6 Å². The second kappa shape index (κ2) is 9.32. The number of fused-ring (bicyclic) bond motifs is 1. The quantitative estimate of drug-likeness (QED) is 0.588. The van der Waals surface area contributed by atoms with E-state index in [0.717, 1.165) is 6.20 Å². The number of guanidine groups is 1. The number of carbonyl (C=O) groups excluding carboxylic acids is 2. The largest absolute Gasteiger partial charge is 0.487 e. The van der Waals surface area contributed by atoms with Crippen molar-refractivity contribution in [3.05, 3.63) is 59.4 Å². The highest BCUT2D eigenvalue weighted by molar-refractivity contribution is 5.99. The lowest BCUT2D eigenvalue weighted by molar-refractivity contribution is -0.132. The van der Waals surface area contributed by atoms with Crippen LogP contribution in [0.5, 0.6) is 5.75 Å². The van der Waals surface area contributed by atoms with Crippen LogP contribution in [-0.2, 0) is 9.59 Å². The molecule has 1 fully saturated rings. The highest BCUT2D eigenvalue weighted by Crippen LogP contribution is 2.52. The molecule has 0 bridgehead atoms. The van der Waals surface area contributed by atoms with Crippen molar-refractivity contribution in [2.45, 2.75) is 76.6 Å². The Hall–Kier alpha value is -3.56. The molecule has 1 aromatic heterocycles. The summed E-state index contributed by atoms with van der Waals surface area (Å²) in [4.78, 5) is 36.8. The minimum Gasteiger partial charge on any atom is -0.487 e. The maximum absolute atomic E-state index is 14.2. The van der Waals surface area contributed by atoms with Crippen molar-refractivity contribution in [1.29, 1.82) is 0 Å². The molecule has 5 atom stereocenters. The first-order chi connectivity index (χ1) is 17.9. The van der Waals surface area contributed by atoms with Gasteiger partial charge in [0.25, 0.3) is 0 Å². The molecular weight excluding hydrogens is 492 g/mol. The number of nitrogens with two attached hydrogens (primary N) is 1. The molecule has 0 spiro atoms. The number of nitrogens with one attached hydrogen (secondary N) is 1. The van der Waals surface area contributed by atoms with Gasteiger partial charge in [-0.05, 0) is 69.4 Å². The standard InChI is InChI=1S/C28H33F2N5O3/c1-5-28(4)12-23(36)35(26(31)34-28)24(15-8-17(30)14-32-13-15)18-10-19(18)25(37)33-21-11-27(2,3)38-22-7-6-16(29)9-20(21)22/h6-9,13-14,18-19,21,24H,5,10-12H2,1-4H3,(H2,31,34)(H,33,37)/t18-,19?,21-,24?,28-/m0/s1. The third-order valence-corrected chi connectivity index (χ3v) is 7.87. The molecule has 2 amide bonds. The molecule has 10 heteroatoms. The lowest BCUT2D eigenvalue weighted by Gasteiger charge is -2.39. The molecule has 2 aromatic rings. The van der Waals surface area contributed by atoms with E-state index in [9.17, 15) is 18.4 Å². The molecule has 1 aromatic carbocycles. The predicted molar refractivity (Wildman–Crippen MR) is 137 cm³/mol. The third kappa shape index (κ3) is 4.96. The first-order valence-electron chi connectivity index (χ1n) is 13.0. The minimum atomic E-state index is -0.692. The minimum absolute atomic E-state index is 0.0569. The maximum Gasteiger partial charge on any atom is 0.232 e. The van der Waals surface area contributed by atoms with E-state index in [-0.39, 0.29) is 30.1 Å². The van der Waals surface area contributed by atoms with E-state index < -0.39 is 40.8 Å². The van der Waals surface area contributed by atoms with Crippen molar-refractivity contribution in [3.8, 4) is 5.75 Å². The summed E-state index contributed by atoms with van der Waals surface area (Å²) < 4.78 is 34.3. The summed E-state index contributed by atoms with van der Waals surface area (Å²) >= 11 is 0. The lowest BCUT2D eigenvalue weighted by Crippen LogP contribution is -2.52. The van der Waals surface area contributed by atoms with Crippen molar-refractivity contribution >= 4 is 17.8 Å². The predicted octanol–water partition coefficient (Wildman–Crippen LogP) is 4.17. The smallest absolute Gasteiger partial charge is 0.232 e. The highest BCUT2D eigenvalue weighted by atomic mass is 19.1. The fourth-order valence-electron chi connectivity index (χ4n) is 5.69. The highest BCUT2D eigenvalue weighted by Gasteiger charge is 2.53. The van der Waals surface area contributed by atoms with Crippen LogP contribution in [0.2, 0.25) is 0 Å². The van der Waals surface area contributed by atoms with Crippen LogP contribution in [0.4, 0.5) is 8.78 Å². The zero-order chi connectivity index (χ0) is 27.4. The monoisotopic (exact) mass is 525 g/mol. The van der Waals surface area contributed by atoms with Crippen LogP contribution in [0.3, 0.4) is 0 Å². The Morgan fingerprint density at radius 3 is 2.68 bits per heavy atom. The number of rotatable bonds is 6. The van der Waals surface area contributed by atoms with E-state index in [1.165, 1.54) is 29.3 Å². The van der Waals surface area contributed by atoms with Gasteiger partial charge in [0.05, 0.1) is 30.2 Å². The van der Waals surface area contributed by atoms with Crippen LogP contribution in [0, 0.1) is 23.5 Å². The second-order valence-electron chi connectivity index (χ2n) is 11.5. The maximum atomic E-state index is 14.2. The Labute approximate surface area is 220 Å². The van der Waals surface area contributed by atoms with Gasteiger partial charge in [-0.2, -0.15) is 0 Å². The number of pyridine rings is 1. The molecule has 3 N–H and O–H groups in total. The topological polar surface area (TPSA) is 110 Å². The molecule has 2 unspecified atom stereocenters. The average molecular weight is 526 g/mol. The van der Waals surface area contributed by atoms with Crippen molar-refractivity contribution in [2.24, 2.45) is 22.6 Å². The van der Waals surface area contributed by atoms with Crippen molar-refractivity contribution in [1.82, 2.24) is 15.2 Å². The molecule has 0 radical (unpaired) electrons. The molecule has 5 rings (SSSR count). The molecule has 38 heavy (non-hydrogen) atoms. The number of amides is 2. The number of aromatic nitrogens is 1. The first kappa shape index (κ1) is 26.1. The Bertz CT molecular complexity index is 1320. The summed E-state index contributed by atoms with van der Waals surface area (Å²) in [5.41, 5.74) is 6.20. The summed E-state index contributed by atoms with van der Waals surface area (Å²) in [6.07, 6.45) is 4.31. The van der Waals surface area contributed by atoms with Gasteiger partial charge in [0.1, 0.15) is 23.0 Å². The van der Waals surface area contributed by atoms with Gasteiger partial charge >= 0.3 is 0 Å². The summed E-state index contributed by atoms with van der Waals surface area (Å²) in [6.45, 7) is 7.65. The molecule has 202 valence electrons. The molecule has 2 aliphatic heterocycles. The van der Waals surface area contributed by atoms with Gasteiger partial charge < -0.3 is 15.8 Å². The van der Waals surface area contributed by atoms with Gasteiger partial charge in [0.15, 0.2) is 5.96 Å². The van der Waals surface area contributed by atoms with E-state index >= 15 is 0 Å².